The Balaban J connectivity index is 2.16. The van der Waals surface area contributed by atoms with Gasteiger partial charge in [0.2, 0.25) is 5.96 Å². The number of sulfonamides is 1. The molecule has 0 saturated heterocycles. The molecule has 0 bridgehead atoms. The predicted octanol–water partition coefficient (Wildman–Crippen LogP) is 2.26. The number of nitrogens with one attached hydrogen (secondary N) is 1. The Labute approximate surface area is 126 Å². The first kappa shape index (κ1) is 15.6. The lowest BCUT2D eigenvalue weighted by molar-refractivity contribution is 0.497. The number of hydrogen-bond acceptors (Lipinski definition) is 4. The molecule has 5 nitrogen and oxygen atoms in total. The number of rotatable bonds is 5. The molecule has 1 aromatic rings. The largest absolute Gasteiger partial charge is 0.314 e. The van der Waals surface area contributed by atoms with Gasteiger partial charge in [0.15, 0.2) is 0 Å². The molecule has 0 unspecified atom stereocenters. The minimum atomic E-state index is -3.61. The summed E-state index contributed by atoms with van der Waals surface area (Å²) in [4.78, 5) is 6.31. The van der Waals surface area contributed by atoms with Crippen molar-refractivity contribution in [3.05, 3.63) is 42.1 Å². The topological polar surface area (TPSA) is 61.8 Å². The quantitative estimate of drug-likeness (QED) is 0.907. The summed E-state index contributed by atoms with van der Waals surface area (Å²) in [6.45, 7) is 9.10. The van der Waals surface area contributed by atoms with Gasteiger partial charge in [0.25, 0.3) is 10.0 Å². The number of guanidine groups is 1. The van der Waals surface area contributed by atoms with Gasteiger partial charge in [0, 0.05) is 12.2 Å². The van der Waals surface area contributed by atoms with Crippen molar-refractivity contribution in [2.75, 3.05) is 13.1 Å². The van der Waals surface area contributed by atoms with E-state index in [4.69, 9.17) is 0 Å². The van der Waals surface area contributed by atoms with Crippen molar-refractivity contribution >= 4 is 16.0 Å². The molecule has 0 aliphatic carbocycles. The first-order chi connectivity index (χ1) is 9.94. The third-order valence-corrected chi connectivity index (χ3v) is 4.69. The summed E-state index contributed by atoms with van der Waals surface area (Å²) in [6.07, 6.45) is 1.99. The van der Waals surface area contributed by atoms with E-state index in [-0.39, 0.29) is 4.90 Å². The van der Waals surface area contributed by atoms with Crippen LogP contribution < -0.4 is 4.72 Å². The number of aliphatic imine (C=N–C) groups is 1. The van der Waals surface area contributed by atoms with Gasteiger partial charge in [-0.1, -0.05) is 37.6 Å². The van der Waals surface area contributed by atoms with E-state index in [9.17, 15) is 8.42 Å². The average Bonchev–Trinajstić information content (AvgIpc) is 2.77. The van der Waals surface area contributed by atoms with Crippen LogP contribution in [0.25, 0.3) is 0 Å². The number of nitrogens with zero attached hydrogens (tertiary/aromatic N) is 2. The fourth-order valence-electron chi connectivity index (χ4n) is 2.05. The second-order valence-corrected chi connectivity index (χ2v) is 6.81. The maximum Gasteiger partial charge on any atom is 0.264 e. The van der Waals surface area contributed by atoms with Gasteiger partial charge in [-0.25, -0.2) is 18.1 Å². The van der Waals surface area contributed by atoms with Gasteiger partial charge in [0.05, 0.1) is 11.4 Å². The number of hydrogen-bond donors (Lipinski definition) is 1. The lowest BCUT2D eigenvalue weighted by Gasteiger charge is -2.21. The van der Waals surface area contributed by atoms with Crippen molar-refractivity contribution in [3.8, 4) is 0 Å². The van der Waals surface area contributed by atoms with Crippen molar-refractivity contribution in [2.24, 2.45) is 4.99 Å². The summed E-state index contributed by atoms with van der Waals surface area (Å²) >= 11 is 0. The van der Waals surface area contributed by atoms with E-state index in [0.29, 0.717) is 12.5 Å². The van der Waals surface area contributed by atoms with Gasteiger partial charge < -0.3 is 4.90 Å². The van der Waals surface area contributed by atoms with Crippen LogP contribution in [0, 0.1) is 6.92 Å². The fourth-order valence-corrected chi connectivity index (χ4v) is 3.08. The Bertz CT molecular complexity index is 648. The molecule has 0 amide bonds. The summed E-state index contributed by atoms with van der Waals surface area (Å²) in [7, 11) is -3.61. The van der Waals surface area contributed by atoms with Gasteiger partial charge in [-0.05, 0) is 25.5 Å². The lowest BCUT2D eigenvalue weighted by Crippen LogP contribution is -2.41. The highest BCUT2D eigenvalue weighted by Gasteiger charge is 2.25. The number of benzene rings is 1. The first-order valence-corrected chi connectivity index (χ1v) is 8.51. The van der Waals surface area contributed by atoms with Gasteiger partial charge in [-0.15, -0.1) is 0 Å². The van der Waals surface area contributed by atoms with Crippen LogP contribution >= 0.6 is 0 Å². The van der Waals surface area contributed by atoms with Crippen LogP contribution in [0.4, 0.5) is 0 Å². The third kappa shape index (κ3) is 3.64. The van der Waals surface area contributed by atoms with Gasteiger partial charge >= 0.3 is 0 Å². The van der Waals surface area contributed by atoms with Crippen LogP contribution in [-0.2, 0) is 10.0 Å². The van der Waals surface area contributed by atoms with E-state index in [1.165, 1.54) is 0 Å². The molecule has 0 spiro atoms. The molecule has 114 valence electrons. The minimum Gasteiger partial charge on any atom is -0.314 e. The molecule has 1 aliphatic rings. The monoisotopic (exact) mass is 307 g/mol. The van der Waals surface area contributed by atoms with E-state index in [0.717, 1.165) is 30.6 Å². The van der Waals surface area contributed by atoms with Crippen LogP contribution in [0.3, 0.4) is 0 Å². The van der Waals surface area contributed by atoms with Crippen LogP contribution in [0.5, 0.6) is 0 Å². The van der Waals surface area contributed by atoms with Crippen LogP contribution in [0.15, 0.2) is 46.4 Å². The smallest absolute Gasteiger partial charge is 0.264 e. The summed E-state index contributed by atoms with van der Waals surface area (Å²) < 4.78 is 27.3. The van der Waals surface area contributed by atoms with E-state index < -0.39 is 10.0 Å². The highest BCUT2D eigenvalue weighted by Crippen LogP contribution is 2.15. The van der Waals surface area contributed by atoms with Gasteiger partial charge in [-0.3, -0.25) is 0 Å². The molecule has 2 rings (SSSR count). The second-order valence-electron chi connectivity index (χ2n) is 5.13. The molecule has 0 atom stereocenters. The predicted molar refractivity (Wildman–Crippen MR) is 84.6 cm³/mol. The molecule has 1 aliphatic heterocycles. The molecular formula is C15H21N3O2S. The van der Waals surface area contributed by atoms with E-state index in [1.54, 1.807) is 24.3 Å². The molecule has 1 aromatic carbocycles. The molecule has 1 N–H and O–H groups in total. The normalized spacial score (nSPS) is 15.2. The van der Waals surface area contributed by atoms with Crippen molar-refractivity contribution < 1.29 is 8.42 Å². The Morgan fingerprint density at radius 2 is 2.00 bits per heavy atom. The van der Waals surface area contributed by atoms with Crippen LogP contribution in [0.1, 0.15) is 25.3 Å². The summed E-state index contributed by atoms with van der Waals surface area (Å²) in [6, 6.07) is 6.74. The zero-order valence-corrected chi connectivity index (χ0v) is 13.3. The Hall–Kier alpha value is -1.82. The average molecular weight is 307 g/mol. The van der Waals surface area contributed by atoms with Crippen LogP contribution in [-0.4, -0.2) is 32.4 Å². The summed E-state index contributed by atoms with van der Waals surface area (Å²) in [5.74, 6) is 0.369. The number of unbranched alkanes of at least 4 members (excludes halogenated alkanes) is 1. The van der Waals surface area contributed by atoms with Gasteiger partial charge in [-0.2, -0.15) is 0 Å². The summed E-state index contributed by atoms with van der Waals surface area (Å²) in [5, 5.41) is 0. The second kappa shape index (κ2) is 6.30. The highest BCUT2D eigenvalue weighted by molar-refractivity contribution is 7.90. The standard InChI is InChI=1S/C15H21N3O2S/c1-4-5-10-18-13(3)11-16-15(18)17-21(19,20)14-8-6-12(2)7-9-14/h6-9H,3-5,10-11H2,1-2H3,(H,16,17). The molecule has 21 heavy (non-hydrogen) atoms. The molecular weight excluding hydrogens is 286 g/mol. The van der Waals surface area contributed by atoms with Crippen molar-refractivity contribution in [3.63, 3.8) is 0 Å². The maximum absolute atomic E-state index is 12.4. The first-order valence-electron chi connectivity index (χ1n) is 7.03. The molecule has 0 saturated carbocycles. The van der Waals surface area contributed by atoms with Crippen LogP contribution in [0.2, 0.25) is 0 Å². The Morgan fingerprint density at radius 3 is 2.62 bits per heavy atom. The lowest BCUT2D eigenvalue weighted by atomic mass is 10.2. The number of aryl methyl sites for hydroxylation is 1. The fraction of sp³-hybridized carbons (Fsp3) is 0.400. The zero-order chi connectivity index (χ0) is 15.5. The van der Waals surface area contributed by atoms with Crippen molar-refractivity contribution in [2.45, 2.75) is 31.6 Å². The van der Waals surface area contributed by atoms with E-state index in [1.807, 2.05) is 11.8 Å². The van der Waals surface area contributed by atoms with Crippen molar-refractivity contribution in [1.29, 1.82) is 0 Å². The molecule has 6 heteroatoms. The SMILES string of the molecule is C=C1CN=C(NS(=O)(=O)c2ccc(C)cc2)N1CCCC. The Kier molecular flexibility index (Phi) is 4.67. The Morgan fingerprint density at radius 1 is 1.33 bits per heavy atom. The highest BCUT2D eigenvalue weighted by atomic mass is 32.2. The van der Waals surface area contributed by atoms with E-state index in [2.05, 4.69) is 23.2 Å². The van der Waals surface area contributed by atoms with E-state index >= 15 is 0 Å². The minimum absolute atomic E-state index is 0.240. The molecule has 0 fully saturated rings. The van der Waals surface area contributed by atoms with Gasteiger partial charge in [0.1, 0.15) is 0 Å². The summed E-state index contributed by atoms with van der Waals surface area (Å²) in [5.41, 5.74) is 1.84. The molecule has 0 radical (unpaired) electrons. The molecule has 0 aromatic heterocycles. The maximum atomic E-state index is 12.4. The zero-order valence-electron chi connectivity index (χ0n) is 12.5. The van der Waals surface area contributed by atoms with Crippen molar-refractivity contribution in [1.82, 2.24) is 9.62 Å². The molecule has 1 heterocycles. The third-order valence-electron chi connectivity index (χ3n) is 3.34.